The Labute approximate surface area is 232 Å². The highest BCUT2D eigenvalue weighted by Gasteiger charge is 2.60. The lowest BCUT2D eigenvalue weighted by molar-refractivity contribution is -0.150. The molecule has 2 bridgehead atoms. The van der Waals surface area contributed by atoms with Gasteiger partial charge in [0.25, 0.3) is 5.91 Å². The number of rotatable bonds is 7. The second-order valence-corrected chi connectivity index (χ2v) is 12.3. The van der Waals surface area contributed by atoms with Crippen LogP contribution in [0.5, 0.6) is 0 Å². The van der Waals surface area contributed by atoms with Crippen LogP contribution < -0.4 is 0 Å². The van der Waals surface area contributed by atoms with Crippen molar-refractivity contribution >= 4 is 47.0 Å². The number of benzene rings is 2. The van der Waals surface area contributed by atoms with Crippen LogP contribution in [0.15, 0.2) is 59.1 Å². The smallest absolute Gasteiger partial charge is 0.329 e. The summed E-state index contributed by atoms with van der Waals surface area (Å²) >= 11 is 14.0. The molecule has 2 aliphatic heterocycles. The molecule has 2 fully saturated rings. The molecular formula is C28H31Cl2N3O3S. The topological polar surface area (TPSA) is 64.1 Å². The molecule has 9 heteroatoms. The summed E-state index contributed by atoms with van der Waals surface area (Å²) in [6.45, 7) is 9.21. The van der Waals surface area contributed by atoms with Gasteiger partial charge < -0.3 is 14.9 Å². The SMILES string of the molecule is CCN(C(=O)C1=C(C(C)C)N2CN(S1)[C@@](C)(c1ccc(Cl)cc1)C2c1ccc(Cl)cc1)C1(C(=O)O)CC1. The number of hydrogen-bond donors (Lipinski definition) is 1. The second-order valence-electron chi connectivity index (χ2n) is 10.4. The van der Waals surface area contributed by atoms with Crippen molar-refractivity contribution < 1.29 is 14.7 Å². The van der Waals surface area contributed by atoms with Gasteiger partial charge in [0.1, 0.15) is 10.4 Å². The largest absolute Gasteiger partial charge is 0.479 e. The lowest BCUT2D eigenvalue weighted by Crippen LogP contribution is -2.49. The fourth-order valence-corrected chi connectivity index (χ4v) is 7.58. The first-order valence-electron chi connectivity index (χ1n) is 12.6. The van der Waals surface area contributed by atoms with Crippen molar-refractivity contribution in [2.75, 3.05) is 13.2 Å². The van der Waals surface area contributed by atoms with E-state index >= 15 is 0 Å². The molecule has 1 aliphatic carbocycles. The van der Waals surface area contributed by atoms with Gasteiger partial charge in [-0.15, -0.1) is 0 Å². The third-order valence-electron chi connectivity index (χ3n) is 7.94. The molecule has 196 valence electrons. The molecule has 5 rings (SSSR count). The van der Waals surface area contributed by atoms with Gasteiger partial charge in [-0.25, -0.2) is 9.10 Å². The van der Waals surface area contributed by atoms with Gasteiger partial charge in [0.15, 0.2) is 0 Å². The summed E-state index contributed by atoms with van der Waals surface area (Å²) in [7, 11) is 0. The van der Waals surface area contributed by atoms with Crippen LogP contribution in [-0.4, -0.2) is 49.8 Å². The number of hydrogen-bond acceptors (Lipinski definition) is 5. The standard InChI is InChI=1S/C28H31Cl2N3O3S/c1-5-32(28(14-15-28)26(35)36)25(34)23-22(17(2)3)31-16-33(37-23)27(4,19-8-12-21(30)13-9-19)24(31)18-6-10-20(29)11-7-18/h6-13,17,24H,5,14-16H2,1-4H3,(H,35,36)/t24?,27-/m0/s1. The molecule has 3 atom stereocenters. The maximum absolute atomic E-state index is 14.1. The van der Waals surface area contributed by atoms with E-state index in [1.165, 1.54) is 11.9 Å². The van der Waals surface area contributed by atoms with E-state index in [4.69, 9.17) is 23.2 Å². The summed E-state index contributed by atoms with van der Waals surface area (Å²) in [5.41, 5.74) is 1.52. The van der Waals surface area contributed by atoms with E-state index in [2.05, 4.69) is 42.1 Å². The Bertz CT molecular complexity index is 1260. The van der Waals surface area contributed by atoms with Gasteiger partial charge in [-0.2, -0.15) is 0 Å². The number of carboxylic acid groups (broad SMARTS) is 1. The predicted molar refractivity (Wildman–Crippen MR) is 148 cm³/mol. The molecular weight excluding hydrogens is 529 g/mol. The summed E-state index contributed by atoms with van der Waals surface area (Å²) < 4.78 is 2.25. The van der Waals surface area contributed by atoms with E-state index in [1.54, 1.807) is 4.90 Å². The predicted octanol–water partition coefficient (Wildman–Crippen LogP) is 6.52. The number of carbonyl (C=O) groups excluding carboxylic acids is 1. The summed E-state index contributed by atoms with van der Waals surface area (Å²) in [6, 6.07) is 15.7. The monoisotopic (exact) mass is 559 g/mol. The lowest BCUT2D eigenvalue weighted by atomic mass is 9.81. The molecule has 0 spiro atoms. The number of carboxylic acids is 1. The van der Waals surface area contributed by atoms with Crippen molar-refractivity contribution in [3.8, 4) is 0 Å². The van der Waals surface area contributed by atoms with Gasteiger partial charge >= 0.3 is 5.97 Å². The van der Waals surface area contributed by atoms with Crippen molar-refractivity contribution in [3.05, 3.63) is 80.3 Å². The molecule has 6 nitrogen and oxygen atoms in total. The highest BCUT2D eigenvalue weighted by molar-refractivity contribution is 8.01. The van der Waals surface area contributed by atoms with Crippen molar-refractivity contribution in [2.24, 2.45) is 5.92 Å². The average Bonchev–Trinajstić information content (AvgIpc) is 3.63. The third kappa shape index (κ3) is 4.15. The summed E-state index contributed by atoms with van der Waals surface area (Å²) in [6.07, 6.45) is 0.973. The van der Waals surface area contributed by atoms with E-state index in [0.29, 0.717) is 41.0 Å². The van der Waals surface area contributed by atoms with Crippen LogP contribution >= 0.6 is 35.1 Å². The molecule has 2 aromatic carbocycles. The van der Waals surface area contributed by atoms with Crippen LogP contribution in [0.3, 0.4) is 0 Å². The van der Waals surface area contributed by atoms with Crippen LogP contribution in [0.1, 0.15) is 57.7 Å². The quantitative estimate of drug-likeness (QED) is 0.389. The Balaban J connectivity index is 1.66. The summed E-state index contributed by atoms with van der Waals surface area (Å²) in [5.74, 6) is -1.08. The first-order chi connectivity index (χ1) is 17.5. The van der Waals surface area contributed by atoms with Crippen molar-refractivity contribution in [3.63, 3.8) is 0 Å². The van der Waals surface area contributed by atoms with Gasteiger partial charge in [0, 0.05) is 22.3 Å². The number of aliphatic carboxylic acids is 1. The first-order valence-corrected chi connectivity index (χ1v) is 14.1. The Kier molecular flexibility index (Phi) is 6.80. The molecule has 1 saturated heterocycles. The maximum atomic E-state index is 14.1. The maximum Gasteiger partial charge on any atom is 0.329 e. The zero-order valence-corrected chi connectivity index (χ0v) is 23.7. The van der Waals surface area contributed by atoms with Gasteiger partial charge in [0.2, 0.25) is 0 Å². The Morgan fingerprint density at radius 2 is 1.65 bits per heavy atom. The fourth-order valence-electron chi connectivity index (χ4n) is 5.90. The third-order valence-corrected chi connectivity index (χ3v) is 9.73. The Hall–Kier alpha value is -2.19. The molecule has 2 heterocycles. The number of allylic oxidation sites excluding steroid dienone is 1. The van der Waals surface area contributed by atoms with Crippen LogP contribution in [0.4, 0.5) is 0 Å². The number of amides is 1. The summed E-state index contributed by atoms with van der Waals surface area (Å²) in [4.78, 5) is 30.8. The van der Waals surface area contributed by atoms with Crippen LogP contribution in [-0.2, 0) is 15.1 Å². The van der Waals surface area contributed by atoms with Crippen LogP contribution in [0.2, 0.25) is 10.0 Å². The molecule has 2 unspecified atom stereocenters. The fraction of sp³-hybridized carbons (Fsp3) is 0.429. The Morgan fingerprint density at radius 1 is 1.08 bits per heavy atom. The normalized spacial score (nSPS) is 26.0. The minimum absolute atomic E-state index is 0.0506. The van der Waals surface area contributed by atoms with Crippen LogP contribution in [0, 0.1) is 5.92 Å². The van der Waals surface area contributed by atoms with E-state index < -0.39 is 17.0 Å². The zero-order valence-electron chi connectivity index (χ0n) is 21.4. The molecule has 1 amide bonds. The molecule has 0 aromatic heterocycles. The minimum Gasteiger partial charge on any atom is -0.479 e. The van der Waals surface area contributed by atoms with Crippen molar-refractivity contribution in [1.29, 1.82) is 0 Å². The number of nitrogens with zero attached hydrogens (tertiary/aromatic N) is 3. The van der Waals surface area contributed by atoms with Crippen LogP contribution in [0.25, 0.3) is 0 Å². The van der Waals surface area contributed by atoms with Gasteiger partial charge in [0.05, 0.1) is 18.2 Å². The summed E-state index contributed by atoms with van der Waals surface area (Å²) in [5, 5.41) is 11.3. The molecule has 1 N–H and O–H groups in total. The van der Waals surface area contributed by atoms with E-state index in [1.807, 2.05) is 43.3 Å². The molecule has 37 heavy (non-hydrogen) atoms. The highest BCUT2D eigenvalue weighted by Crippen LogP contribution is 2.59. The van der Waals surface area contributed by atoms with E-state index in [9.17, 15) is 14.7 Å². The van der Waals surface area contributed by atoms with Gasteiger partial charge in [-0.05, 0) is 79.9 Å². The van der Waals surface area contributed by atoms with Crippen molar-refractivity contribution in [1.82, 2.24) is 14.1 Å². The van der Waals surface area contributed by atoms with Crippen molar-refractivity contribution in [2.45, 2.75) is 57.7 Å². The first kappa shape index (κ1) is 26.4. The molecule has 0 radical (unpaired) electrons. The molecule has 2 aromatic rings. The van der Waals surface area contributed by atoms with E-state index in [0.717, 1.165) is 16.8 Å². The lowest BCUT2D eigenvalue weighted by Gasteiger charge is -2.38. The molecule has 1 saturated carbocycles. The number of halogens is 2. The highest BCUT2D eigenvalue weighted by atomic mass is 35.5. The average molecular weight is 561 g/mol. The van der Waals surface area contributed by atoms with Gasteiger partial charge in [-0.3, -0.25) is 4.79 Å². The Morgan fingerprint density at radius 3 is 2.14 bits per heavy atom. The number of fused-ring (bicyclic) bond motifs is 2. The zero-order chi connectivity index (χ0) is 26.7. The second kappa shape index (κ2) is 9.53. The van der Waals surface area contributed by atoms with Gasteiger partial charge in [-0.1, -0.05) is 61.3 Å². The number of carbonyl (C=O) groups is 2. The number of likely N-dealkylation sites (N-methyl/N-ethyl adjacent to an activating group) is 1. The minimum atomic E-state index is -1.10. The van der Waals surface area contributed by atoms with E-state index in [-0.39, 0.29) is 17.9 Å². The molecule has 3 aliphatic rings.